The summed E-state index contributed by atoms with van der Waals surface area (Å²) in [7, 11) is 2.09. The number of hydrogen-bond donors (Lipinski definition) is 0. The Morgan fingerprint density at radius 2 is 1.61 bits per heavy atom. The molecule has 0 spiro atoms. The molecule has 0 atom stereocenters. The molecule has 28 heavy (non-hydrogen) atoms. The van der Waals surface area contributed by atoms with Crippen molar-refractivity contribution in [2.24, 2.45) is 0 Å². The van der Waals surface area contributed by atoms with E-state index in [0.29, 0.717) is 13.0 Å². The fourth-order valence-corrected chi connectivity index (χ4v) is 3.78. The quantitative estimate of drug-likeness (QED) is 0.485. The van der Waals surface area contributed by atoms with Crippen LogP contribution in [0.15, 0.2) is 30.3 Å². The Morgan fingerprint density at radius 1 is 0.964 bits per heavy atom. The van der Waals surface area contributed by atoms with E-state index in [0.717, 1.165) is 47.2 Å². The Hall–Kier alpha value is -2.46. The number of esters is 1. The molecule has 2 rings (SSSR count). The van der Waals surface area contributed by atoms with Crippen molar-refractivity contribution in [3.05, 3.63) is 69.3 Å². The molecule has 0 bridgehead atoms. The molecule has 0 saturated carbocycles. The predicted molar refractivity (Wildman–Crippen MR) is 112 cm³/mol. The van der Waals surface area contributed by atoms with Gasteiger partial charge in [-0.25, -0.2) is 0 Å². The molecule has 4 nitrogen and oxygen atoms in total. The number of hydrogen-bond acceptors (Lipinski definition) is 4. The van der Waals surface area contributed by atoms with Crippen molar-refractivity contribution < 1.29 is 14.3 Å². The van der Waals surface area contributed by atoms with Crippen LogP contribution >= 0.6 is 0 Å². The van der Waals surface area contributed by atoms with Crippen molar-refractivity contribution in [2.45, 2.75) is 53.6 Å². The van der Waals surface area contributed by atoms with Crippen molar-refractivity contribution in [1.29, 1.82) is 0 Å². The van der Waals surface area contributed by atoms with Crippen LogP contribution in [0.4, 0.5) is 0 Å². The normalized spacial score (nSPS) is 10.9. The molecule has 2 aromatic rings. The van der Waals surface area contributed by atoms with Crippen LogP contribution in [0.25, 0.3) is 0 Å². The highest BCUT2D eigenvalue weighted by Gasteiger charge is 2.20. The summed E-state index contributed by atoms with van der Waals surface area (Å²) in [6.45, 7) is 9.94. The van der Waals surface area contributed by atoms with Crippen molar-refractivity contribution in [3.63, 3.8) is 0 Å². The second-order valence-corrected chi connectivity index (χ2v) is 7.32. The maximum atomic E-state index is 12.1. The van der Waals surface area contributed by atoms with Gasteiger partial charge in [-0.2, -0.15) is 0 Å². The van der Waals surface area contributed by atoms with Gasteiger partial charge in [0.2, 0.25) is 0 Å². The van der Waals surface area contributed by atoms with Crippen LogP contribution in [0.1, 0.15) is 45.9 Å². The summed E-state index contributed by atoms with van der Waals surface area (Å²) in [6.07, 6.45) is 1.56. The number of carbonyl (C=O) groups excluding carboxylic acids is 2. The van der Waals surface area contributed by atoms with Gasteiger partial charge < -0.3 is 9.53 Å². The molecule has 0 amide bonds. The van der Waals surface area contributed by atoms with Crippen LogP contribution in [0.3, 0.4) is 0 Å². The van der Waals surface area contributed by atoms with E-state index in [1.807, 2.05) is 32.0 Å². The molecule has 0 aromatic heterocycles. The van der Waals surface area contributed by atoms with Crippen molar-refractivity contribution in [1.82, 2.24) is 4.90 Å². The molecule has 2 aromatic carbocycles. The lowest BCUT2D eigenvalue weighted by Crippen LogP contribution is -2.21. The summed E-state index contributed by atoms with van der Waals surface area (Å²) in [5.41, 5.74) is 7.77. The van der Waals surface area contributed by atoms with E-state index in [9.17, 15) is 9.59 Å². The number of ether oxygens (including phenoxy) is 1. The second-order valence-electron chi connectivity index (χ2n) is 7.32. The fraction of sp³-hybridized carbons (Fsp3) is 0.417. The Balaban J connectivity index is 2.37. The van der Waals surface area contributed by atoms with Crippen LogP contribution in [0.5, 0.6) is 0 Å². The molecule has 4 heteroatoms. The largest absolute Gasteiger partial charge is 0.466 e. The first-order valence-electron chi connectivity index (χ1n) is 9.81. The number of aldehydes is 1. The summed E-state index contributed by atoms with van der Waals surface area (Å²) >= 11 is 0. The summed E-state index contributed by atoms with van der Waals surface area (Å²) < 4.78 is 5.14. The predicted octanol–water partition coefficient (Wildman–Crippen LogP) is 4.09. The van der Waals surface area contributed by atoms with Gasteiger partial charge in [-0.05, 0) is 73.7 Å². The summed E-state index contributed by atoms with van der Waals surface area (Å²) in [5.74, 6) is -0.223. The minimum Gasteiger partial charge on any atom is -0.466 e. The Labute approximate surface area is 168 Å². The third kappa shape index (κ3) is 5.29. The average Bonchev–Trinajstić information content (AvgIpc) is 2.67. The number of rotatable bonds is 9. The molecule has 0 unspecified atom stereocenters. The summed E-state index contributed by atoms with van der Waals surface area (Å²) in [5, 5.41) is 0. The summed E-state index contributed by atoms with van der Waals surface area (Å²) in [4.78, 5) is 25.7. The SMILES string of the molecule is CCOC(=O)Cc1c(C)c(C)c(CN(C)Cc2ccccc2)c(CC=O)c1C. The number of nitrogens with zero attached hydrogens (tertiary/aromatic N) is 1. The highest BCUT2D eigenvalue weighted by Crippen LogP contribution is 2.29. The first-order valence-corrected chi connectivity index (χ1v) is 9.81. The van der Waals surface area contributed by atoms with Gasteiger partial charge in [0, 0.05) is 19.5 Å². The molecule has 0 saturated heterocycles. The van der Waals surface area contributed by atoms with Gasteiger partial charge in [0.15, 0.2) is 0 Å². The zero-order valence-electron chi connectivity index (χ0n) is 17.7. The number of carbonyl (C=O) groups is 2. The smallest absolute Gasteiger partial charge is 0.310 e. The van der Waals surface area contributed by atoms with Crippen LogP contribution in [0, 0.1) is 20.8 Å². The van der Waals surface area contributed by atoms with E-state index in [-0.39, 0.29) is 12.4 Å². The van der Waals surface area contributed by atoms with E-state index in [1.54, 1.807) is 0 Å². The third-order valence-electron chi connectivity index (χ3n) is 5.37. The van der Waals surface area contributed by atoms with E-state index in [1.165, 1.54) is 11.1 Å². The molecule has 0 fully saturated rings. The number of benzene rings is 2. The van der Waals surface area contributed by atoms with Gasteiger partial charge in [-0.15, -0.1) is 0 Å². The van der Waals surface area contributed by atoms with Crippen molar-refractivity contribution in [3.8, 4) is 0 Å². The topological polar surface area (TPSA) is 46.6 Å². The highest BCUT2D eigenvalue weighted by molar-refractivity contribution is 5.75. The van der Waals surface area contributed by atoms with E-state index >= 15 is 0 Å². The lowest BCUT2D eigenvalue weighted by molar-refractivity contribution is -0.142. The average molecular weight is 382 g/mol. The molecule has 0 aliphatic heterocycles. The van der Waals surface area contributed by atoms with E-state index in [4.69, 9.17) is 4.74 Å². The second kappa shape index (κ2) is 10.2. The van der Waals surface area contributed by atoms with Gasteiger partial charge in [0.25, 0.3) is 0 Å². The standard InChI is InChI=1S/C24H31NO3/c1-6-28-24(27)14-22-17(2)18(3)23(21(12-13-26)19(22)4)16-25(5)15-20-10-8-7-9-11-20/h7-11,13H,6,12,14-16H2,1-5H3. The van der Waals surface area contributed by atoms with Gasteiger partial charge in [-0.3, -0.25) is 9.69 Å². The van der Waals surface area contributed by atoms with Crippen LogP contribution in [-0.2, 0) is 40.3 Å². The molecular weight excluding hydrogens is 350 g/mol. The minimum absolute atomic E-state index is 0.223. The first kappa shape index (κ1) is 21.8. The first-order chi connectivity index (χ1) is 13.4. The van der Waals surface area contributed by atoms with Crippen molar-refractivity contribution in [2.75, 3.05) is 13.7 Å². The summed E-state index contributed by atoms with van der Waals surface area (Å²) in [6, 6.07) is 10.4. The minimum atomic E-state index is -0.223. The zero-order chi connectivity index (χ0) is 20.7. The Morgan fingerprint density at radius 3 is 2.21 bits per heavy atom. The molecule has 0 N–H and O–H groups in total. The van der Waals surface area contributed by atoms with Gasteiger partial charge in [0.05, 0.1) is 13.0 Å². The Bertz CT molecular complexity index is 828. The molecule has 0 aliphatic rings. The van der Waals surface area contributed by atoms with Crippen LogP contribution < -0.4 is 0 Å². The van der Waals surface area contributed by atoms with E-state index < -0.39 is 0 Å². The third-order valence-corrected chi connectivity index (χ3v) is 5.37. The lowest BCUT2D eigenvalue weighted by Gasteiger charge is -2.25. The molecule has 150 valence electrons. The monoisotopic (exact) mass is 381 g/mol. The van der Waals surface area contributed by atoms with Crippen LogP contribution in [-0.4, -0.2) is 30.8 Å². The van der Waals surface area contributed by atoms with E-state index in [2.05, 4.69) is 37.9 Å². The fourth-order valence-electron chi connectivity index (χ4n) is 3.78. The maximum absolute atomic E-state index is 12.1. The van der Waals surface area contributed by atoms with Gasteiger partial charge in [-0.1, -0.05) is 30.3 Å². The molecule has 0 heterocycles. The van der Waals surface area contributed by atoms with Crippen LogP contribution in [0.2, 0.25) is 0 Å². The zero-order valence-corrected chi connectivity index (χ0v) is 17.7. The lowest BCUT2D eigenvalue weighted by atomic mass is 9.85. The van der Waals surface area contributed by atoms with Gasteiger partial charge in [0.1, 0.15) is 6.29 Å². The molecule has 0 aliphatic carbocycles. The maximum Gasteiger partial charge on any atom is 0.310 e. The van der Waals surface area contributed by atoms with Gasteiger partial charge >= 0.3 is 5.97 Å². The van der Waals surface area contributed by atoms with Crippen molar-refractivity contribution >= 4 is 12.3 Å². The Kier molecular flexibility index (Phi) is 7.94. The molecule has 0 radical (unpaired) electrons. The molecular formula is C24H31NO3. The highest BCUT2D eigenvalue weighted by atomic mass is 16.5.